The third-order valence-electron chi connectivity index (χ3n) is 7.73. The first kappa shape index (κ1) is 43.0. The standard InChI is InChI=1S/C33H65O10P/c1-5-29(4)21-17-13-10-11-15-19-23-33(37)43-31(27-42-44(38,39)41-25-30(35)24-34)26-40-32(36)22-18-14-9-7-6-8-12-16-20-28(2)3/h28-31,34-35H,5-27H2,1-4H3,(H,38,39)/t29?,30-,31+/m0/s1. The Kier molecular flexibility index (Phi) is 27.6. The van der Waals surface area contributed by atoms with Crippen molar-refractivity contribution in [1.82, 2.24) is 0 Å². The summed E-state index contributed by atoms with van der Waals surface area (Å²) in [7, 11) is -4.60. The summed E-state index contributed by atoms with van der Waals surface area (Å²) in [6.07, 6.45) is 16.8. The number of carbonyl (C=O) groups is 2. The van der Waals surface area contributed by atoms with E-state index in [0.29, 0.717) is 12.8 Å². The van der Waals surface area contributed by atoms with E-state index in [1.54, 1.807) is 0 Å². The number of carbonyl (C=O) groups excluding carboxylic acids is 2. The third kappa shape index (κ3) is 28.4. The molecule has 4 atom stereocenters. The molecular formula is C33H65O10P. The van der Waals surface area contributed by atoms with E-state index in [0.717, 1.165) is 50.4 Å². The minimum absolute atomic E-state index is 0.186. The van der Waals surface area contributed by atoms with E-state index in [1.165, 1.54) is 57.8 Å². The Hall–Kier alpha value is -1.03. The van der Waals surface area contributed by atoms with Gasteiger partial charge in [0.2, 0.25) is 0 Å². The van der Waals surface area contributed by atoms with Crippen molar-refractivity contribution in [2.45, 2.75) is 162 Å². The van der Waals surface area contributed by atoms with Crippen molar-refractivity contribution in [2.75, 3.05) is 26.4 Å². The minimum Gasteiger partial charge on any atom is -0.462 e. The molecule has 0 saturated heterocycles. The molecule has 10 nitrogen and oxygen atoms in total. The van der Waals surface area contributed by atoms with E-state index in [-0.39, 0.29) is 19.4 Å². The number of hydrogen-bond donors (Lipinski definition) is 3. The predicted molar refractivity (Wildman–Crippen MR) is 173 cm³/mol. The van der Waals surface area contributed by atoms with Crippen LogP contribution in [0.5, 0.6) is 0 Å². The van der Waals surface area contributed by atoms with Gasteiger partial charge in [0.15, 0.2) is 6.10 Å². The zero-order valence-electron chi connectivity index (χ0n) is 28.2. The second-order valence-corrected chi connectivity index (χ2v) is 14.1. The van der Waals surface area contributed by atoms with Crippen LogP contribution >= 0.6 is 7.82 Å². The lowest BCUT2D eigenvalue weighted by Gasteiger charge is -2.20. The molecule has 0 aliphatic carbocycles. The normalized spacial score (nSPS) is 15.1. The van der Waals surface area contributed by atoms with Crippen LogP contribution in [-0.2, 0) is 32.7 Å². The van der Waals surface area contributed by atoms with Crippen molar-refractivity contribution in [1.29, 1.82) is 0 Å². The van der Waals surface area contributed by atoms with Gasteiger partial charge in [-0.3, -0.25) is 18.6 Å². The van der Waals surface area contributed by atoms with Crippen LogP contribution in [0.15, 0.2) is 0 Å². The molecular weight excluding hydrogens is 587 g/mol. The molecule has 2 unspecified atom stereocenters. The fourth-order valence-corrected chi connectivity index (χ4v) is 5.41. The summed E-state index contributed by atoms with van der Waals surface area (Å²) in [5.74, 6) is 0.604. The number of aliphatic hydroxyl groups is 2. The molecule has 0 aromatic carbocycles. The summed E-state index contributed by atoms with van der Waals surface area (Å²) in [6, 6.07) is 0. The molecule has 44 heavy (non-hydrogen) atoms. The third-order valence-corrected chi connectivity index (χ3v) is 8.68. The van der Waals surface area contributed by atoms with Crippen LogP contribution in [0, 0.1) is 11.8 Å². The quantitative estimate of drug-likeness (QED) is 0.0387. The Labute approximate surface area is 267 Å². The zero-order chi connectivity index (χ0) is 33.1. The molecule has 0 spiro atoms. The molecule has 262 valence electrons. The number of aliphatic hydroxyl groups excluding tert-OH is 2. The summed E-state index contributed by atoms with van der Waals surface area (Å²) < 4.78 is 32.4. The number of phosphoric ester groups is 1. The van der Waals surface area contributed by atoms with Crippen LogP contribution in [0.3, 0.4) is 0 Å². The Morgan fingerprint density at radius 3 is 1.68 bits per heavy atom. The largest absolute Gasteiger partial charge is 0.472 e. The summed E-state index contributed by atoms with van der Waals surface area (Å²) in [5.41, 5.74) is 0. The monoisotopic (exact) mass is 652 g/mol. The molecule has 0 fully saturated rings. The van der Waals surface area contributed by atoms with Crippen LogP contribution in [0.25, 0.3) is 0 Å². The lowest BCUT2D eigenvalue weighted by atomic mass is 10.00. The summed E-state index contributed by atoms with van der Waals surface area (Å²) in [5, 5.41) is 18.2. The van der Waals surface area contributed by atoms with Gasteiger partial charge in [-0.25, -0.2) is 4.57 Å². The Morgan fingerprint density at radius 1 is 0.682 bits per heavy atom. The predicted octanol–water partition coefficient (Wildman–Crippen LogP) is 7.65. The maximum Gasteiger partial charge on any atom is 0.472 e. The van der Waals surface area contributed by atoms with Gasteiger partial charge in [0.05, 0.1) is 19.8 Å². The molecule has 0 radical (unpaired) electrons. The van der Waals surface area contributed by atoms with Gasteiger partial charge in [0, 0.05) is 12.8 Å². The van der Waals surface area contributed by atoms with Gasteiger partial charge < -0.3 is 24.6 Å². The second-order valence-electron chi connectivity index (χ2n) is 12.6. The number of esters is 2. The van der Waals surface area contributed by atoms with E-state index >= 15 is 0 Å². The van der Waals surface area contributed by atoms with Crippen molar-refractivity contribution in [2.24, 2.45) is 11.8 Å². The van der Waals surface area contributed by atoms with Gasteiger partial charge in [-0.15, -0.1) is 0 Å². The van der Waals surface area contributed by atoms with Crippen molar-refractivity contribution in [3.05, 3.63) is 0 Å². The smallest absolute Gasteiger partial charge is 0.462 e. The second kappa shape index (κ2) is 28.2. The number of phosphoric acid groups is 1. The van der Waals surface area contributed by atoms with Crippen LogP contribution in [0.1, 0.15) is 150 Å². The van der Waals surface area contributed by atoms with Gasteiger partial charge in [-0.1, -0.05) is 124 Å². The Balaban J connectivity index is 4.45. The van der Waals surface area contributed by atoms with E-state index < -0.39 is 51.8 Å². The minimum atomic E-state index is -4.60. The molecule has 0 aromatic heterocycles. The highest BCUT2D eigenvalue weighted by atomic mass is 31.2. The summed E-state index contributed by atoms with van der Waals surface area (Å²) in [6.45, 7) is 6.89. The molecule has 0 heterocycles. The fraction of sp³-hybridized carbons (Fsp3) is 0.939. The highest BCUT2D eigenvalue weighted by Crippen LogP contribution is 2.43. The lowest BCUT2D eigenvalue weighted by Crippen LogP contribution is -2.29. The van der Waals surface area contributed by atoms with E-state index in [4.69, 9.17) is 19.1 Å². The van der Waals surface area contributed by atoms with Crippen LogP contribution < -0.4 is 0 Å². The molecule has 0 aromatic rings. The molecule has 0 rings (SSSR count). The highest BCUT2D eigenvalue weighted by Gasteiger charge is 2.27. The van der Waals surface area contributed by atoms with E-state index in [1.807, 2.05) is 0 Å². The molecule has 0 aliphatic heterocycles. The van der Waals surface area contributed by atoms with Crippen molar-refractivity contribution >= 4 is 19.8 Å². The number of unbranched alkanes of at least 4 members (excludes halogenated alkanes) is 12. The maximum atomic E-state index is 12.5. The van der Waals surface area contributed by atoms with Crippen LogP contribution in [0.4, 0.5) is 0 Å². The zero-order valence-corrected chi connectivity index (χ0v) is 29.1. The molecule has 0 saturated carbocycles. The van der Waals surface area contributed by atoms with E-state index in [9.17, 15) is 24.2 Å². The lowest BCUT2D eigenvalue weighted by molar-refractivity contribution is -0.161. The van der Waals surface area contributed by atoms with Gasteiger partial charge in [0.1, 0.15) is 12.7 Å². The van der Waals surface area contributed by atoms with Gasteiger partial charge in [-0.2, -0.15) is 0 Å². The van der Waals surface area contributed by atoms with Gasteiger partial charge >= 0.3 is 19.8 Å². The molecule has 0 bridgehead atoms. The molecule has 3 N–H and O–H groups in total. The SMILES string of the molecule is CCC(C)CCCCCCCCC(=O)O[C@H](COC(=O)CCCCCCCCCCC(C)C)COP(=O)(O)OC[C@@H](O)CO. The first-order valence-electron chi connectivity index (χ1n) is 17.2. The van der Waals surface area contributed by atoms with Gasteiger partial charge in [-0.05, 0) is 24.7 Å². The fourth-order valence-electron chi connectivity index (χ4n) is 4.62. The molecule has 11 heteroatoms. The van der Waals surface area contributed by atoms with Crippen molar-refractivity contribution in [3.63, 3.8) is 0 Å². The first-order chi connectivity index (χ1) is 21.0. The average Bonchev–Trinajstić information content (AvgIpc) is 2.99. The highest BCUT2D eigenvalue weighted by molar-refractivity contribution is 7.47. The topological polar surface area (TPSA) is 149 Å². The number of rotatable bonds is 31. The number of hydrogen-bond acceptors (Lipinski definition) is 9. The average molecular weight is 653 g/mol. The first-order valence-corrected chi connectivity index (χ1v) is 18.7. The number of ether oxygens (including phenoxy) is 2. The van der Waals surface area contributed by atoms with Crippen LogP contribution in [-0.4, -0.2) is 65.7 Å². The maximum absolute atomic E-state index is 12.5. The van der Waals surface area contributed by atoms with E-state index in [2.05, 4.69) is 32.2 Å². The molecule has 0 amide bonds. The summed E-state index contributed by atoms with van der Waals surface area (Å²) in [4.78, 5) is 34.6. The Bertz CT molecular complexity index is 748. The van der Waals surface area contributed by atoms with Crippen molar-refractivity contribution in [3.8, 4) is 0 Å². The summed E-state index contributed by atoms with van der Waals surface area (Å²) >= 11 is 0. The van der Waals surface area contributed by atoms with Crippen molar-refractivity contribution < 1.29 is 47.8 Å². The Morgan fingerprint density at radius 2 is 1.16 bits per heavy atom. The van der Waals surface area contributed by atoms with Crippen LogP contribution in [0.2, 0.25) is 0 Å². The molecule has 0 aliphatic rings. The van der Waals surface area contributed by atoms with Gasteiger partial charge in [0.25, 0.3) is 0 Å².